The molecule has 22 heavy (non-hydrogen) atoms. The van der Waals surface area contributed by atoms with E-state index in [-0.39, 0.29) is 5.92 Å². The summed E-state index contributed by atoms with van der Waals surface area (Å²) in [6.07, 6.45) is 5.43. The molecule has 0 saturated carbocycles. The first-order valence-corrected chi connectivity index (χ1v) is 7.53. The number of rotatable bonds is 1. The van der Waals surface area contributed by atoms with E-state index in [2.05, 4.69) is 36.4 Å². The van der Waals surface area contributed by atoms with Crippen LogP contribution in [0.15, 0.2) is 54.6 Å². The van der Waals surface area contributed by atoms with E-state index in [9.17, 15) is 10.5 Å². The Labute approximate surface area is 129 Å². The minimum atomic E-state index is 0.199. The maximum Gasteiger partial charge on any atom is 0.0994 e. The minimum Gasteiger partial charge on any atom is -0.192 e. The van der Waals surface area contributed by atoms with Crippen molar-refractivity contribution in [1.82, 2.24) is 0 Å². The summed E-state index contributed by atoms with van der Waals surface area (Å²) in [5, 5.41) is 19.0. The topological polar surface area (TPSA) is 47.6 Å². The third-order valence-corrected chi connectivity index (χ3v) is 4.95. The van der Waals surface area contributed by atoms with E-state index in [1.165, 1.54) is 5.56 Å². The number of hydrogen-bond acceptors (Lipinski definition) is 2. The van der Waals surface area contributed by atoms with Gasteiger partial charge in [0, 0.05) is 11.8 Å². The van der Waals surface area contributed by atoms with Crippen molar-refractivity contribution in [3.8, 4) is 12.1 Å². The Balaban J connectivity index is 2.00. The monoisotopic (exact) mass is 282 g/mol. The molecular weight excluding hydrogens is 268 g/mol. The van der Waals surface area contributed by atoms with E-state index < -0.39 is 0 Å². The van der Waals surface area contributed by atoms with Crippen LogP contribution in [-0.4, -0.2) is 0 Å². The van der Waals surface area contributed by atoms with Crippen molar-refractivity contribution in [3.05, 3.63) is 82.4 Å². The quantitative estimate of drug-likeness (QED) is 0.735. The molecule has 3 unspecified atom stereocenters. The van der Waals surface area contributed by atoms with E-state index in [4.69, 9.17) is 0 Å². The molecule has 0 spiro atoms. The molecule has 3 atom stereocenters. The number of fused-ring (bicyclic) bond motifs is 3. The van der Waals surface area contributed by atoms with Gasteiger partial charge >= 0.3 is 0 Å². The van der Waals surface area contributed by atoms with Gasteiger partial charge in [0.2, 0.25) is 0 Å². The summed E-state index contributed by atoms with van der Waals surface area (Å²) in [4.78, 5) is 0. The Morgan fingerprint density at radius 3 is 2.09 bits per heavy atom. The molecule has 2 aromatic carbocycles. The Hall–Kier alpha value is -2.84. The second-order valence-electron chi connectivity index (χ2n) is 5.99. The molecular formula is C20H14N2. The lowest BCUT2D eigenvalue weighted by atomic mass is 9.62. The van der Waals surface area contributed by atoms with Gasteiger partial charge in [-0.25, -0.2) is 0 Å². The summed E-state index contributed by atoms with van der Waals surface area (Å²) < 4.78 is 0. The number of benzene rings is 2. The van der Waals surface area contributed by atoms with Crippen LogP contribution >= 0.6 is 0 Å². The van der Waals surface area contributed by atoms with Gasteiger partial charge in [-0.1, -0.05) is 42.5 Å². The van der Waals surface area contributed by atoms with Gasteiger partial charge in [-0.15, -0.1) is 0 Å². The highest BCUT2D eigenvalue weighted by molar-refractivity contribution is 5.60. The molecule has 2 nitrogen and oxygen atoms in total. The minimum absolute atomic E-state index is 0.199. The Bertz CT molecular complexity index is 850. The standard InChI is InChI=1S/C20H14N2/c21-11-15-6-7-16(12-22)20-18(13-4-2-1-3-5-13)10-14-8-9-17(14)19(15)20/h1-9,14,17-18H,10H2. The molecule has 0 N–H and O–H groups in total. The predicted octanol–water partition coefficient (Wildman–Crippen LogP) is 4.24. The fourth-order valence-electron chi connectivity index (χ4n) is 3.86. The average molecular weight is 282 g/mol. The molecule has 2 heteroatoms. The maximum atomic E-state index is 9.54. The molecule has 0 radical (unpaired) electrons. The van der Waals surface area contributed by atoms with E-state index >= 15 is 0 Å². The van der Waals surface area contributed by atoms with E-state index in [1.807, 2.05) is 18.2 Å². The summed E-state index contributed by atoms with van der Waals surface area (Å²) in [6, 6.07) is 18.6. The van der Waals surface area contributed by atoms with Crippen molar-refractivity contribution < 1.29 is 0 Å². The lowest BCUT2D eigenvalue weighted by Gasteiger charge is -2.41. The van der Waals surface area contributed by atoms with Crippen LogP contribution in [0.1, 0.15) is 46.1 Å². The van der Waals surface area contributed by atoms with Gasteiger partial charge in [0.05, 0.1) is 23.3 Å². The van der Waals surface area contributed by atoms with Crippen LogP contribution < -0.4 is 0 Å². The first-order chi connectivity index (χ1) is 10.8. The molecule has 2 aliphatic carbocycles. The van der Waals surface area contributed by atoms with E-state index in [0.29, 0.717) is 23.0 Å². The highest BCUT2D eigenvalue weighted by Crippen LogP contribution is 2.52. The summed E-state index contributed by atoms with van der Waals surface area (Å²) >= 11 is 0. The van der Waals surface area contributed by atoms with Crippen LogP contribution in [0, 0.1) is 28.6 Å². The van der Waals surface area contributed by atoms with Gasteiger partial charge in [-0.2, -0.15) is 10.5 Å². The van der Waals surface area contributed by atoms with Gasteiger partial charge < -0.3 is 0 Å². The van der Waals surface area contributed by atoms with Crippen molar-refractivity contribution >= 4 is 0 Å². The third kappa shape index (κ3) is 1.71. The van der Waals surface area contributed by atoms with Gasteiger partial charge in [0.1, 0.15) is 0 Å². The fourth-order valence-corrected chi connectivity index (χ4v) is 3.86. The molecule has 2 aromatic rings. The van der Waals surface area contributed by atoms with Crippen molar-refractivity contribution in [2.75, 3.05) is 0 Å². The first-order valence-electron chi connectivity index (χ1n) is 7.53. The molecule has 0 bridgehead atoms. The Morgan fingerprint density at radius 1 is 0.818 bits per heavy atom. The largest absolute Gasteiger partial charge is 0.192 e. The van der Waals surface area contributed by atoms with Gasteiger partial charge in [-0.05, 0) is 41.2 Å². The molecule has 2 aliphatic rings. The zero-order valence-corrected chi connectivity index (χ0v) is 12.0. The summed E-state index contributed by atoms with van der Waals surface area (Å²) in [5.74, 6) is 0.988. The smallest absolute Gasteiger partial charge is 0.0994 e. The van der Waals surface area contributed by atoms with Crippen LogP contribution in [0.5, 0.6) is 0 Å². The van der Waals surface area contributed by atoms with Gasteiger partial charge in [-0.3, -0.25) is 0 Å². The lowest BCUT2D eigenvalue weighted by Crippen LogP contribution is -2.28. The Kier molecular flexibility index (Phi) is 2.84. The average Bonchev–Trinajstić information content (AvgIpc) is 2.55. The van der Waals surface area contributed by atoms with Gasteiger partial charge in [0.25, 0.3) is 0 Å². The molecule has 0 aliphatic heterocycles. The molecule has 104 valence electrons. The number of hydrogen-bond donors (Lipinski definition) is 0. The summed E-state index contributed by atoms with van der Waals surface area (Å²) in [7, 11) is 0. The Morgan fingerprint density at radius 2 is 1.50 bits per heavy atom. The normalized spacial score (nSPS) is 24.4. The van der Waals surface area contributed by atoms with Crippen molar-refractivity contribution in [3.63, 3.8) is 0 Å². The van der Waals surface area contributed by atoms with Gasteiger partial charge in [0.15, 0.2) is 0 Å². The SMILES string of the molecule is N#Cc1ccc(C#N)c2c1C(c1ccccc1)CC1C=CC21. The zero-order valence-electron chi connectivity index (χ0n) is 12.0. The second-order valence-corrected chi connectivity index (χ2v) is 5.99. The predicted molar refractivity (Wildman–Crippen MR) is 84.1 cm³/mol. The van der Waals surface area contributed by atoms with Crippen LogP contribution in [0.25, 0.3) is 0 Å². The van der Waals surface area contributed by atoms with Crippen molar-refractivity contribution in [2.45, 2.75) is 18.3 Å². The van der Waals surface area contributed by atoms with Crippen LogP contribution in [-0.2, 0) is 0 Å². The second kappa shape index (κ2) is 4.86. The number of nitrogens with zero attached hydrogens (tertiary/aromatic N) is 2. The molecule has 0 fully saturated rings. The zero-order chi connectivity index (χ0) is 15.1. The highest BCUT2D eigenvalue weighted by Gasteiger charge is 2.39. The molecule has 0 amide bonds. The molecule has 0 aromatic heterocycles. The third-order valence-electron chi connectivity index (χ3n) is 4.95. The highest BCUT2D eigenvalue weighted by atomic mass is 14.4. The lowest BCUT2D eigenvalue weighted by molar-refractivity contribution is 0.429. The van der Waals surface area contributed by atoms with Crippen LogP contribution in [0.3, 0.4) is 0 Å². The summed E-state index contributed by atoms with van der Waals surface area (Å²) in [5.41, 5.74) is 4.80. The number of allylic oxidation sites excluding steroid dienone is 2. The van der Waals surface area contributed by atoms with Crippen molar-refractivity contribution in [2.24, 2.45) is 5.92 Å². The van der Waals surface area contributed by atoms with Crippen LogP contribution in [0.2, 0.25) is 0 Å². The van der Waals surface area contributed by atoms with Crippen LogP contribution in [0.4, 0.5) is 0 Å². The molecule has 0 saturated heterocycles. The summed E-state index contributed by atoms with van der Waals surface area (Å²) in [6.45, 7) is 0. The van der Waals surface area contributed by atoms with Crippen molar-refractivity contribution in [1.29, 1.82) is 10.5 Å². The fraction of sp³-hybridized carbons (Fsp3) is 0.200. The first kappa shape index (κ1) is 12.9. The van der Waals surface area contributed by atoms with E-state index in [0.717, 1.165) is 17.5 Å². The molecule has 4 rings (SSSR count). The molecule has 0 heterocycles. The number of nitriles is 2. The maximum absolute atomic E-state index is 9.54. The van der Waals surface area contributed by atoms with E-state index in [1.54, 1.807) is 12.1 Å².